The Labute approximate surface area is 209 Å². The number of nitrogens with one attached hydrogen (secondary N) is 3. The smallest absolute Gasteiger partial charge is 0.407 e. The summed E-state index contributed by atoms with van der Waals surface area (Å²) in [6.45, 7) is 11.5. The van der Waals surface area contributed by atoms with E-state index in [0.29, 0.717) is 32.6 Å². The standard InChI is InChI=1S/C23H37N5O3.HI/c1-5-24-21(25-13-9-14-26-22(30)31-23(2,3)4)27-16-18-10-6-7-11-19(18)17-28-15-8-12-20(28)29;/h6-7,10-11H,5,8-9,12-17H2,1-4H3,(H,26,30)(H2,24,25,27);1H. The summed E-state index contributed by atoms with van der Waals surface area (Å²) < 4.78 is 5.23. The predicted molar refractivity (Wildman–Crippen MR) is 138 cm³/mol. The van der Waals surface area contributed by atoms with Crippen LogP contribution in [0, 0.1) is 0 Å². The van der Waals surface area contributed by atoms with Gasteiger partial charge in [-0.15, -0.1) is 24.0 Å². The first-order valence-corrected chi connectivity index (χ1v) is 11.1. The van der Waals surface area contributed by atoms with Gasteiger partial charge in [0.2, 0.25) is 5.91 Å². The Morgan fingerprint density at radius 3 is 2.44 bits per heavy atom. The fraction of sp³-hybridized carbons (Fsp3) is 0.609. The van der Waals surface area contributed by atoms with Crippen LogP contribution in [0.3, 0.4) is 0 Å². The maximum absolute atomic E-state index is 12.0. The molecule has 0 unspecified atom stereocenters. The van der Waals surface area contributed by atoms with Crippen molar-refractivity contribution >= 4 is 41.9 Å². The molecular weight excluding hydrogens is 521 g/mol. The Kier molecular flexibility index (Phi) is 12.4. The molecule has 0 saturated carbocycles. The fourth-order valence-electron chi connectivity index (χ4n) is 3.25. The number of halogens is 1. The van der Waals surface area contributed by atoms with Gasteiger partial charge in [-0.05, 0) is 51.7 Å². The Bertz CT molecular complexity index is 764. The van der Waals surface area contributed by atoms with Crippen molar-refractivity contribution in [2.45, 2.75) is 65.6 Å². The highest BCUT2D eigenvalue weighted by atomic mass is 127. The van der Waals surface area contributed by atoms with E-state index in [1.165, 1.54) is 0 Å². The van der Waals surface area contributed by atoms with Crippen LogP contribution < -0.4 is 16.0 Å². The van der Waals surface area contributed by atoms with Crippen LogP contribution in [-0.2, 0) is 22.6 Å². The van der Waals surface area contributed by atoms with Gasteiger partial charge in [0.1, 0.15) is 5.60 Å². The van der Waals surface area contributed by atoms with E-state index in [9.17, 15) is 9.59 Å². The van der Waals surface area contributed by atoms with E-state index in [2.05, 4.69) is 28.1 Å². The monoisotopic (exact) mass is 559 g/mol. The van der Waals surface area contributed by atoms with Crippen molar-refractivity contribution in [1.82, 2.24) is 20.9 Å². The number of hydrogen-bond donors (Lipinski definition) is 3. The SMILES string of the molecule is CCNC(=NCc1ccccc1CN1CCCC1=O)NCCCNC(=O)OC(C)(C)C.I. The molecule has 0 spiro atoms. The molecule has 32 heavy (non-hydrogen) atoms. The van der Waals surface area contributed by atoms with Crippen LogP contribution >= 0.6 is 24.0 Å². The summed E-state index contributed by atoms with van der Waals surface area (Å²) in [5.41, 5.74) is 1.76. The highest BCUT2D eigenvalue weighted by molar-refractivity contribution is 14.0. The van der Waals surface area contributed by atoms with Crippen LogP contribution in [0.15, 0.2) is 29.3 Å². The van der Waals surface area contributed by atoms with Gasteiger partial charge in [0.05, 0.1) is 6.54 Å². The van der Waals surface area contributed by atoms with Gasteiger partial charge in [0.25, 0.3) is 0 Å². The molecule has 0 aromatic heterocycles. The average molecular weight is 559 g/mol. The lowest BCUT2D eigenvalue weighted by Gasteiger charge is -2.19. The summed E-state index contributed by atoms with van der Waals surface area (Å²) in [7, 11) is 0. The lowest BCUT2D eigenvalue weighted by atomic mass is 10.1. The molecule has 3 N–H and O–H groups in total. The van der Waals surface area contributed by atoms with Gasteiger partial charge in [-0.3, -0.25) is 4.79 Å². The molecule has 1 aromatic carbocycles. The van der Waals surface area contributed by atoms with Crippen LogP contribution in [-0.4, -0.2) is 54.6 Å². The summed E-state index contributed by atoms with van der Waals surface area (Å²) in [6, 6.07) is 8.14. The molecule has 180 valence electrons. The molecule has 0 aliphatic carbocycles. The first kappa shape index (κ1) is 28.0. The molecule has 9 heteroatoms. The number of aliphatic imine (C=N–C) groups is 1. The van der Waals surface area contributed by atoms with Crippen LogP contribution in [0.4, 0.5) is 4.79 Å². The second kappa shape index (κ2) is 14.2. The van der Waals surface area contributed by atoms with Gasteiger partial charge in [0, 0.05) is 39.1 Å². The van der Waals surface area contributed by atoms with E-state index < -0.39 is 11.7 Å². The highest BCUT2D eigenvalue weighted by Gasteiger charge is 2.20. The summed E-state index contributed by atoms with van der Waals surface area (Å²) in [6.07, 6.45) is 1.94. The number of guanidine groups is 1. The van der Waals surface area contributed by atoms with E-state index in [0.717, 1.165) is 43.0 Å². The van der Waals surface area contributed by atoms with Crippen LogP contribution in [0.25, 0.3) is 0 Å². The second-order valence-corrected chi connectivity index (χ2v) is 8.59. The van der Waals surface area contributed by atoms with Gasteiger partial charge in [-0.1, -0.05) is 24.3 Å². The number of alkyl carbamates (subject to hydrolysis) is 1. The summed E-state index contributed by atoms with van der Waals surface area (Å²) in [4.78, 5) is 30.3. The maximum atomic E-state index is 12.0. The number of ether oxygens (including phenoxy) is 1. The minimum Gasteiger partial charge on any atom is -0.444 e. The number of benzene rings is 1. The van der Waals surface area contributed by atoms with Gasteiger partial charge in [0.15, 0.2) is 5.96 Å². The summed E-state index contributed by atoms with van der Waals surface area (Å²) in [5, 5.41) is 9.29. The molecule has 1 aliphatic heterocycles. The number of nitrogens with zero attached hydrogens (tertiary/aromatic N) is 2. The van der Waals surface area contributed by atoms with Gasteiger partial charge in [-0.2, -0.15) is 0 Å². The van der Waals surface area contributed by atoms with Crippen molar-refractivity contribution in [2.24, 2.45) is 4.99 Å². The number of amides is 2. The Balaban J connectivity index is 0.00000512. The van der Waals surface area contributed by atoms with Crippen molar-refractivity contribution in [2.75, 3.05) is 26.2 Å². The summed E-state index contributed by atoms with van der Waals surface area (Å²) in [5.74, 6) is 0.958. The van der Waals surface area contributed by atoms with Gasteiger partial charge < -0.3 is 25.6 Å². The Morgan fingerprint density at radius 1 is 1.12 bits per heavy atom. The zero-order valence-electron chi connectivity index (χ0n) is 19.7. The fourth-order valence-corrected chi connectivity index (χ4v) is 3.25. The molecule has 1 aliphatic rings. The molecule has 1 aromatic rings. The lowest BCUT2D eigenvalue weighted by molar-refractivity contribution is -0.128. The molecule has 2 rings (SSSR count). The van der Waals surface area contributed by atoms with E-state index in [1.807, 2.05) is 44.7 Å². The van der Waals surface area contributed by atoms with Crippen LogP contribution in [0.1, 0.15) is 58.1 Å². The van der Waals surface area contributed by atoms with E-state index in [4.69, 9.17) is 9.73 Å². The zero-order chi connectivity index (χ0) is 22.7. The molecule has 8 nitrogen and oxygen atoms in total. The lowest BCUT2D eigenvalue weighted by Crippen LogP contribution is -2.39. The normalized spacial score (nSPS) is 14.1. The van der Waals surface area contributed by atoms with Gasteiger partial charge in [-0.25, -0.2) is 9.79 Å². The number of carbonyl (C=O) groups is 2. The van der Waals surface area contributed by atoms with Crippen molar-refractivity contribution in [3.63, 3.8) is 0 Å². The maximum Gasteiger partial charge on any atom is 0.407 e. The quantitative estimate of drug-likeness (QED) is 0.187. The Morgan fingerprint density at radius 2 is 1.81 bits per heavy atom. The number of likely N-dealkylation sites (tertiary alicyclic amines) is 1. The topological polar surface area (TPSA) is 95.1 Å². The minimum atomic E-state index is -0.494. The third kappa shape index (κ3) is 10.5. The van der Waals surface area contributed by atoms with E-state index in [-0.39, 0.29) is 29.9 Å². The predicted octanol–water partition coefficient (Wildman–Crippen LogP) is 3.40. The van der Waals surface area contributed by atoms with Crippen molar-refractivity contribution in [1.29, 1.82) is 0 Å². The average Bonchev–Trinajstić information content (AvgIpc) is 3.10. The molecule has 1 fully saturated rings. The molecule has 0 radical (unpaired) electrons. The number of carbonyl (C=O) groups excluding carboxylic acids is 2. The Hall–Kier alpha value is -2.04. The van der Waals surface area contributed by atoms with Crippen LogP contribution in [0.5, 0.6) is 0 Å². The summed E-state index contributed by atoms with van der Waals surface area (Å²) >= 11 is 0. The molecule has 2 amide bonds. The molecule has 1 saturated heterocycles. The van der Waals surface area contributed by atoms with E-state index in [1.54, 1.807) is 0 Å². The first-order chi connectivity index (χ1) is 14.8. The zero-order valence-corrected chi connectivity index (χ0v) is 22.0. The third-order valence-electron chi connectivity index (χ3n) is 4.72. The van der Waals surface area contributed by atoms with Crippen molar-refractivity contribution in [3.05, 3.63) is 35.4 Å². The first-order valence-electron chi connectivity index (χ1n) is 11.1. The highest BCUT2D eigenvalue weighted by Crippen LogP contribution is 2.17. The molecule has 0 atom stereocenters. The van der Waals surface area contributed by atoms with Crippen LogP contribution in [0.2, 0.25) is 0 Å². The van der Waals surface area contributed by atoms with Gasteiger partial charge >= 0.3 is 6.09 Å². The largest absolute Gasteiger partial charge is 0.444 e. The third-order valence-corrected chi connectivity index (χ3v) is 4.72. The second-order valence-electron chi connectivity index (χ2n) is 8.59. The molecular formula is C23H38IN5O3. The molecule has 1 heterocycles. The molecule has 0 bridgehead atoms. The number of rotatable bonds is 9. The van der Waals surface area contributed by atoms with E-state index >= 15 is 0 Å². The van der Waals surface area contributed by atoms with Crippen molar-refractivity contribution in [3.8, 4) is 0 Å². The number of hydrogen-bond acceptors (Lipinski definition) is 4. The minimum absolute atomic E-state index is 0. The van der Waals surface area contributed by atoms with Crippen molar-refractivity contribution < 1.29 is 14.3 Å².